The molecule has 0 unspecified atom stereocenters. The standard InChI is InChI=1S/C57H40N2S/c1-6-16-40(17-7-1)34-43-36-44-35-41(26-30-51(44)52-31-28-49(38-54(43)52)58(45-18-8-2-9-19-45)46-20-10-3-11-21-46)42-27-33-56-55(37-42)53-32-29-50(39-57(53)60-56)59(47-22-12-4-13-23-47)48-24-14-5-15-25-48/h1-33,35-39H,34H2. The number of rotatable bonds is 9. The van der Waals surface area contributed by atoms with Gasteiger partial charge in [-0.2, -0.15) is 0 Å². The Labute approximate surface area is 354 Å². The molecule has 10 aromatic carbocycles. The molecule has 3 heteroatoms. The van der Waals surface area contributed by atoms with Gasteiger partial charge in [0.2, 0.25) is 0 Å². The van der Waals surface area contributed by atoms with Crippen molar-refractivity contribution in [3.05, 3.63) is 242 Å². The fourth-order valence-corrected chi connectivity index (χ4v) is 9.91. The van der Waals surface area contributed by atoms with E-state index in [4.69, 9.17) is 0 Å². The summed E-state index contributed by atoms with van der Waals surface area (Å²) in [6.07, 6.45) is 0.846. The van der Waals surface area contributed by atoms with Gasteiger partial charge in [0, 0.05) is 54.3 Å². The predicted octanol–water partition coefficient (Wildman–Crippen LogP) is 16.6. The Kier molecular flexibility index (Phi) is 9.14. The van der Waals surface area contributed by atoms with E-state index in [1.165, 1.54) is 64.0 Å². The number of hydrogen-bond acceptors (Lipinski definition) is 3. The van der Waals surface area contributed by atoms with Gasteiger partial charge in [-0.05, 0) is 141 Å². The highest BCUT2D eigenvalue weighted by Crippen LogP contribution is 2.43. The van der Waals surface area contributed by atoms with E-state index in [0.717, 1.165) is 40.5 Å². The normalized spacial score (nSPS) is 11.4. The van der Waals surface area contributed by atoms with Crippen LogP contribution < -0.4 is 9.80 Å². The fourth-order valence-electron chi connectivity index (χ4n) is 8.79. The largest absolute Gasteiger partial charge is 0.310 e. The average Bonchev–Trinajstić information content (AvgIpc) is 3.68. The summed E-state index contributed by atoms with van der Waals surface area (Å²) in [6, 6.07) is 83.8. The number of anilines is 6. The van der Waals surface area contributed by atoms with Crippen LogP contribution in [0, 0.1) is 0 Å². The Morgan fingerprint density at radius 2 is 0.783 bits per heavy atom. The van der Waals surface area contributed by atoms with E-state index in [1.807, 2.05) is 11.3 Å². The van der Waals surface area contributed by atoms with Gasteiger partial charge in [-0.25, -0.2) is 0 Å². The molecular weight excluding hydrogens is 745 g/mol. The molecule has 0 atom stereocenters. The molecule has 0 saturated carbocycles. The lowest BCUT2D eigenvalue weighted by atomic mass is 9.91. The van der Waals surface area contributed by atoms with Crippen LogP contribution in [0.4, 0.5) is 34.1 Å². The number of hydrogen-bond donors (Lipinski definition) is 0. The second kappa shape index (κ2) is 15.4. The number of fused-ring (bicyclic) bond motifs is 6. The highest BCUT2D eigenvalue weighted by atomic mass is 32.1. The second-order valence-electron chi connectivity index (χ2n) is 15.4. The monoisotopic (exact) mass is 784 g/mol. The molecule has 0 spiro atoms. The molecule has 11 rings (SSSR count). The molecule has 0 aliphatic heterocycles. The van der Waals surface area contributed by atoms with Crippen LogP contribution in [0.2, 0.25) is 0 Å². The highest BCUT2D eigenvalue weighted by Gasteiger charge is 2.18. The van der Waals surface area contributed by atoms with E-state index >= 15 is 0 Å². The zero-order valence-electron chi connectivity index (χ0n) is 32.9. The first kappa shape index (κ1) is 35.7. The van der Waals surface area contributed by atoms with Gasteiger partial charge in [0.25, 0.3) is 0 Å². The summed E-state index contributed by atoms with van der Waals surface area (Å²) in [7, 11) is 0. The van der Waals surface area contributed by atoms with Crippen LogP contribution in [0.5, 0.6) is 0 Å². The molecule has 0 saturated heterocycles. The topological polar surface area (TPSA) is 6.48 Å². The Hall–Kier alpha value is -7.46. The highest BCUT2D eigenvalue weighted by molar-refractivity contribution is 7.25. The van der Waals surface area contributed by atoms with Crippen LogP contribution in [0.25, 0.3) is 52.8 Å². The minimum atomic E-state index is 0.846. The predicted molar refractivity (Wildman–Crippen MR) is 258 cm³/mol. The van der Waals surface area contributed by atoms with Crippen molar-refractivity contribution in [3.8, 4) is 11.1 Å². The maximum atomic E-state index is 2.43. The van der Waals surface area contributed by atoms with Crippen molar-refractivity contribution in [2.24, 2.45) is 0 Å². The molecule has 284 valence electrons. The Morgan fingerprint density at radius 1 is 0.300 bits per heavy atom. The summed E-state index contributed by atoms with van der Waals surface area (Å²) in [5.74, 6) is 0. The van der Waals surface area contributed by atoms with Gasteiger partial charge in [0.05, 0.1) is 0 Å². The van der Waals surface area contributed by atoms with Gasteiger partial charge in [-0.3, -0.25) is 0 Å². The van der Waals surface area contributed by atoms with Crippen molar-refractivity contribution in [1.29, 1.82) is 0 Å². The zero-order chi connectivity index (χ0) is 39.8. The maximum absolute atomic E-state index is 2.43. The quantitative estimate of drug-likeness (QED) is 0.135. The fraction of sp³-hybridized carbons (Fsp3) is 0.0175. The molecule has 0 N–H and O–H groups in total. The lowest BCUT2D eigenvalue weighted by Gasteiger charge is -2.26. The molecule has 60 heavy (non-hydrogen) atoms. The van der Waals surface area contributed by atoms with Crippen molar-refractivity contribution in [3.63, 3.8) is 0 Å². The van der Waals surface area contributed by atoms with E-state index < -0.39 is 0 Å². The summed E-state index contributed by atoms with van der Waals surface area (Å²) < 4.78 is 2.58. The van der Waals surface area contributed by atoms with Crippen molar-refractivity contribution in [2.75, 3.05) is 9.80 Å². The third-order valence-electron chi connectivity index (χ3n) is 11.6. The van der Waals surface area contributed by atoms with Crippen molar-refractivity contribution < 1.29 is 0 Å². The first-order valence-electron chi connectivity index (χ1n) is 20.5. The number of nitrogens with zero attached hydrogens (tertiary/aromatic N) is 2. The average molecular weight is 785 g/mol. The van der Waals surface area contributed by atoms with Crippen LogP contribution in [-0.2, 0) is 6.42 Å². The Morgan fingerprint density at radius 3 is 1.37 bits per heavy atom. The summed E-state index contributed by atoms with van der Waals surface area (Å²) in [5, 5.41) is 7.64. The first-order valence-corrected chi connectivity index (χ1v) is 21.4. The van der Waals surface area contributed by atoms with E-state index in [2.05, 4.69) is 240 Å². The maximum Gasteiger partial charge on any atom is 0.0476 e. The molecule has 0 bridgehead atoms. The summed E-state index contributed by atoms with van der Waals surface area (Å²) >= 11 is 1.86. The van der Waals surface area contributed by atoms with Gasteiger partial charge < -0.3 is 9.80 Å². The Bertz CT molecular complexity index is 3190. The SMILES string of the molecule is c1ccc(Cc2cc3cc(-c4ccc5sc6cc(N(c7ccccc7)c7ccccc7)ccc6c5c4)ccc3c3ccc(N(c4ccccc4)c4ccccc4)cc23)cc1. The number of benzene rings is 10. The molecule has 0 amide bonds. The van der Waals surface area contributed by atoms with Crippen LogP contribution in [0.3, 0.4) is 0 Å². The second-order valence-corrected chi connectivity index (χ2v) is 16.5. The molecule has 1 heterocycles. The number of thiophene rings is 1. The molecule has 0 aliphatic carbocycles. The summed E-state index contributed by atoms with van der Waals surface area (Å²) in [5.41, 5.74) is 11.9. The molecule has 2 nitrogen and oxygen atoms in total. The van der Waals surface area contributed by atoms with Crippen LogP contribution in [0.1, 0.15) is 11.1 Å². The van der Waals surface area contributed by atoms with Crippen molar-refractivity contribution >= 4 is 87.2 Å². The van der Waals surface area contributed by atoms with E-state index in [-0.39, 0.29) is 0 Å². The molecular formula is C57H40N2S. The van der Waals surface area contributed by atoms with Crippen molar-refractivity contribution in [2.45, 2.75) is 6.42 Å². The van der Waals surface area contributed by atoms with Gasteiger partial charge in [0.15, 0.2) is 0 Å². The lowest BCUT2D eigenvalue weighted by molar-refractivity contribution is 1.22. The molecule has 1 aromatic heterocycles. The molecule has 0 radical (unpaired) electrons. The molecule has 11 aromatic rings. The molecule has 0 fully saturated rings. The smallest absolute Gasteiger partial charge is 0.0476 e. The van der Waals surface area contributed by atoms with Gasteiger partial charge in [-0.1, -0.05) is 140 Å². The first-order chi connectivity index (χ1) is 29.7. The van der Waals surface area contributed by atoms with Crippen LogP contribution in [0.15, 0.2) is 231 Å². The summed E-state index contributed by atoms with van der Waals surface area (Å²) in [4.78, 5) is 4.69. The van der Waals surface area contributed by atoms with E-state index in [9.17, 15) is 0 Å². The van der Waals surface area contributed by atoms with Crippen LogP contribution >= 0.6 is 11.3 Å². The van der Waals surface area contributed by atoms with Gasteiger partial charge >= 0.3 is 0 Å². The van der Waals surface area contributed by atoms with Gasteiger partial charge in [0.1, 0.15) is 0 Å². The van der Waals surface area contributed by atoms with E-state index in [0.29, 0.717) is 0 Å². The minimum absolute atomic E-state index is 0.846. The number of para-hydroxylation sites is 4. The van der Waals surface area contributed by atoms with Crippen LogP contribution in [-0.4, -0.2) is 0 Å². The minimum Gasteiger partial charge on any atom is -0.310 e. The molecule has 0 aliphatic rings. The van der Waals surface area contributed by atoms with E-state index in [1.54, 1.807) is 0 Å². The van der Waals surface area contributed by atoms with Gasteiger partial charge in [-0.15, -0.1) is 11.3 Å². The summed E-state index contributed by atoms with van der Waals surface area (Å²) in [6.45, 7) is 0. The zero-order valence-corrected chi connectivity index (χ0v) is 33.8. The van der Waals surface area contributed by atoms with Crippen molar-refractivity contribution in [1.82, 2.24) is 0 Å². The Balaban J connectivity index is 1.01. The third kappa shape index (κ3) is 6.65. The lowest BCUT2D eigenvalue weighted by Crippen LogP contribution is -2.09. The third-order valence-corrected chi connectivity index (χ3v) is 12.8.